The van der Waals surface area contributed by atoms with Crippen LogP contribution in [0.5, 0.6) is 23.0 Å². The van der Waals surface area contributed by atoms with E-state index < -0.39 is 0 Å². The third-order valence-electron chi connectivity index (χ3n) is 6.99. The van der Waals surface area contributed by atoms with Crippen molar-refractivity contribution >= 4 is 17.9 Å². The maximum atomic E-state index is 10.9. The number of methoxy groups -OCH3 is 3. The van der Waals surface area contributed by atoms with Crippen molar-refractivity contribution in [2.24, 2.45) is 0 Å². The summed E-state index contributed by atoms with van der Waals surface area (Å²) in [4.78, 5) is 31.9. The fourth-order valence-corrected chi connectivity index (χ4v) is 4.36. The highest BCUT2D eigenvalue weighted by molar-refractivity contribution is 5.71. The van der Waals surface area contributed by atoms with Crippen molar-refractivity contribution in [2.75, 3.05) is 34.5 Å². The Morgan fingerprint density at radius 3 is 0.894 bits per heavy atom. The Morgan fingerprint density at radius 1 is 0.394 bits per heavy atom. The van der Waals surface area contributed by atoms with Crippen LogP contribution in [0.15, 0.2) is 97.1 Å². The summed E-state index contributed by atoms with van der Waals surface area (Å²) in [5.74, 6) is 1.95. The van der Waals surface area contributed by atoms with Crippen LogP contribution in [-0.2, 0) is 29.3 Å². The Bertz CT molecular complexity index is 1550. The fourth-order valence-electron chi connectivity index (χ4n) is 4.36. The maximum absolute atomic E-state index is 10.9. The zero-order valence-corrected chi connectivity index (χ0v) is 37.0. The number of carbonyl (C=O) groups is 3. The van der Waals surface area contributed by atoms with Gasteiger partial charge in [-0.2, -0.15) is 0 Å². The lowest BCUT2D eigenvalue weighted by Crippen LogP contribution is -2.18. The van der Waals surface area contributed by atoms with Gasteiger partial charge in [0.1, 0.15) is 23.0 Å². The average Bonchev–Trinajstić information content (AvgIpc) is 3.23. The van der Waals surface area contributed by atoms with E-state index in [-0.39, 0.29) is 97.6 Å². The molecule has 0 heterocycles. The summed E-state index contributed by atoms with van der Waals surface area (Å²) in [7, 11) is 4.92. The smallest absolute Gasteiger partial charge is 0.308 e. The molecule has 4 rings (SSSR count). The maximum Gasteiger partial charge on any atom is 0.308 e. The molecule has 0 unspecified atom stereocenters. The SMILES string of the molecule is C.C.C.C.C.C.C.C.C.C.CC.CC.CC.CC.COCCCOC(C)=O.COc1ccc(-c2ccc(OC(C)=O)cc2)cc1.COc1ccc(C(C)(C)c2ccc(OC(C)=O)cc2)cc1. The predicted octanol–water partition coefficient (Wildman–Crippen LogP) is 18.3. The molecule has 9 nitrogen and oxygen atoms in total. The number of rotatable bonds is 11. The monoisotopic (exact) mass is 939 g/mol. The molecular formula is C57H110O9. The molecule has 0 saturated carbocycles. The Labute approximate surface area is 412 Å². The first-order chi connectivity index (χ1) is 26.9. The molecule has 0 bridgehead atoms. The van der Waals surface area contributed by atoms with Crippen LogP contribution in [-0.4, -0.2) is 52.5 Å². The summed E-state index contributed by atoms with van der Waals surface area (Å²) in [6.07, 6.45) is 0.774. The topological polar surface area (TPSA) is 107 Å². The molecule has 0 aliphatic rings. The van der Waals surface area contributed by atoms with Crippen molar-refractivity contribution in [3.63, 3.8) is 0 Å². The third kappa shape index (κ3) is 41.5. The van der Waals surface area contributed by atoms with Gasteiger partial charge in [0.15, 0.2) is 0 Å². The second kappa shape index (κ2) is 59.9. The molecule has 392 valence electrons. The minimum atomic E-state index is -0.313. The average molecular weight is 939 g/mol. The number of hydrogen-bond acceptors (Lipinski definition) is 9. The van der Waals surface area contributed by atoms with E-state index in [1.807, 2.05) is 128 Å². The lowest BCUT2D eigenvalue weighted by Gasteiger charge is -2.26. The van der Waals surface area contributed by atoms with Crippen molar-refractivity contribution < 1.29 is 42.8 Å². The quantitative estimate of drug-likeness (QED) is 0.0825. The first kappa shape index (κ1) is 95.2. The standard InChI is InChI=1S/C18H20O3.C15H14O3.C6H12O3.4C2H6.10CH4/c1-13(19)21-17-11-7-15(8-12-17)18(2,3)14-5-9-16(20-4)10-6-14;1-11(16)18-15-9-5-13(6-10-15)12-3-7-14(17-2)8-4-12;1-6(7)9-5-3-4-8-2;4*1-2;;;;;;;;;;/h5-12H,1-4H3;3-10H,1-2H3;3-5H2,1-2H3;4*1-2H3;10*1H4. The van der Waals surface area contributed by atoms with Gasteiger partial charge in [-0.3, -0.25) is 14.4 Å². The summed E-state index contributed by atoms with van der Waals surface area (Å²) in [5.41, 5.74) is 4.37. The summed E-state index contributed by atoms with van der Waals surface area (Å²) < 4.78 is 29.7. The molecule has 0 amide bonds. The van der Waals surface area contributed by atoms with Gasteiger partial charge < -0.3 is 28.4 Å². The highest BCUT2D eigenvalue weighted by atomic mass is 16.5. The second-order valence-electron chi connectivity index (χ2n) is 11.0. The number of esters is 3. The van der Waals surface area contributed by atoms with E-state index in [0.717, 1.165) is 34.6 Å². The van der Waals surface area contributed by atoms with Gasteiger partial charge in [-0.25, -0.2) is 0 Å². The van der Waals surface area contributed by atoms with Gasteiger partial charge in [-0.1, -0.05) is 192 Å². The van der Waals surface area contributed by atoms with Crippen molar-refractivity contribution in [1.82, 2.24) is 0 Å². The number of benzene rings is 4. The van der Waals surface area contributed by atoms with Crippen molar-refractivity contribution in [1.29, 1.82) is 0 Å². The van der Waals surface area contributed by atoms with E-state index in [9.17, 15) is 14.4 Å². The highest BCUT2D eigenvalue weighted by Crippen LogP contribution is 2.33. The normalized spacial score (nSPS) is 7.82. The molecule has 0 aromatic heterocycles. The fraction of sp³-hybridized carbons (Fsp3) is 0.526. The number of ether oxygens (including phenoxy) is 6. The summed E-state index contributed by atoms with van der Waals surface area (Å²) in [5, 5.41) is 0. The number of hydrogen-bond donors (Lipinski definition) is 0. The van der Waals surface area contributed by atoms with Gasteiger partial charge in [0, 0.05) is 46.3 Å². The zero-order chi connectivity index (χ0) is 43.5. The third-order valence-corrected chi connectivity index (χ3v) is 6.99. The van der Waals surface area contributed by atoms with Crippen LogP contribution < -0.4 is 18.9 Å². The van der Waals surface area contributed by atoms with Gasteiger partial charge in [0.05, 0.1) is 20.8 Å². The van der Waals surface area contributed by atoms with Gasteiger partial charge in [-0.05, 0) is 70.8 Å². The largest absolute Gasteiger partial charge is 0.497 e. The van der Waals surface area contributed by atoms with Crippen molar-refractivity contribution in [3.05, 3.63) is 108 Å². The molecule has 0 aliphatic carbocycles. The Hall–Kier alpha value is -5.15. The first-order valence-corrected chi connectivity index (χ1v) is 19.4. The van der Waals surface area contributed by atoms with Crippen LogP contribution in [0.3, 0.4) is 0 Å². The van der Waals surface area contributed by atoms with Crippen LogP contribution in [0.25, 0.3) is 11.1 Å². The molecule has 4 aromatic carbocycles. The van der Waals surface area contributed by atoms with E-state index in [0.29, 0.717) is 24.7 Å². The summed E-state index contributed by atoms with van der Waals surface area (Å²) >= 11 is 0. The summed E-state index contributed by atoms with van der Waals surface area (Å²) in [6, 6.07) is 30.9. The Morgan fingerprint density at radius 2 is 0.652 bits per heavy atom. The van der Waals surface area contributed by atoms with Crippen molar-refractivity contribution in [3.8, 4) is 34.1 Å². The molecule has 66 heavy (non-hydrogen) atoms. The lowest BCUT2D eigenvalue weighted by molar-refractivity contribution is -0.141. The highest BCUT2D eigenvalue weighted by Gasteiger charge is 2.23. The Balaban J connectivity index is -0.0000000524. The lowest BCUT2D eigenvalue weighted by atomic mass is 9.78. The van der Waals surface area contributed by atoms with E-state index in [1.54, 1.807) is 33.5 Å². The van der Waals surface area contributed by atoms with Crippen LogP contribution in [0.1, 0.15) is 182 Å². The molecule has 0 spiro atoms. The number of carbonyl (C=O) groups excluding carboxylic acids is 3. The zero-order valence-electron chi connectivity index (χ0n) is 37.0. The van der Waals surface area contributed by atoms with Crippen LogP contribution in [0.4, 0.5) is 0 Å². The van der Waals surface area contributed by atoms with Crippen LogP contribution in [0.2, 0.25) is 0 Å². The van der Waals surface area contributed by atoms with Gasteiger partial charge in [-0.15, -0.1) is 0 Å². The summed E-state index contributed by atoms with van der Waals surface area (Å²) in [6.45, 7) is 25.6. The van der Waals surface area contributed by atoms with E-state index in [2.05, 4.69) is 30.7 Å². The molecule has 9 heteroatoms. The first-order valence-electron chi connectivity index (χ1n) is 19.4. The minimum Gasteiger partial charge on any atom is -0.497 e. The van der Waals surface area contributed by atoms with E-state index >= 15 is 0 Å². The molecule has 0 atom stereocenters. The van der Waals surface area contributed by atoms with Gasteiger partial charge >= 0.3 is 17.9 Å². The molecule has 0 N–H and O–H groups in total. The molecule has 0 fully saturated rings. The van der Waals surface area contributed by atoms with Gasteiger partial charge in [0.2, 0.25) is 0 Å². The molecule has 0 aliphatic heterocycles. The van der Waals surface area contributed by atoms with E-state index in [4.69, 9.17) is 23.7 Å². The Kier molecular flexibility index (Phi) is 86.3. The second-order valence-corrected chi connectivity index (χ2v) is 11.0. The predicted molar refractivity (Wildman–Crippen MR) is 298 cm³/mol. The van der Waals surface area contributed by atoms with Gasteiger partial charge in [0.25, 0.3) is 0 Å². The molecule has 0 saturated heterocycles. The van der Waals surface area contributed by atoms with Crippen LogP contribution in [0, 0.1) is 0 Å². The van der Waals surface area contributed by atoms with Crippen LogP contribution >= 0.6 is 0 Å². The van der Waals surface area contributed by atoms with Crippen molar-refractivity contribution in [2.45, 2.75) is 176 Å². The minimum absolute atomic E-state index is 0. The molecule has 4 aromatic rings. The molecular weight excluding hydrogens is 829 g/mol. The molecule has 0 radical (unpaired) electrons. The van der Waals surface area contributed by atoms with E-state index in [1.165, 1.54) is 26.3 Å².